The van der Waals surface area contributed by atoms with E-state index in [1.165, 1.54) is 0 Å². The van der Waals surface area contributed by atoms with E-state index in [-0.39, 0.29) is 11.8 Å². The number of pyridine rings is 1. The van der Waals surface area contributed by atoms with Gasteiger partial charge in [0.05, 0.1) is 5.92 Å². The van der Waals surface area contributed by atoms with Crippen LogP contribution in [0.4, 0.5) is 5.69 Å². The van der Waals surface area contributed by atoms with E-state index >= 15 is 0 Å². The fourth-order valence-corrected chi connectivity index (χ4v) is 2.91. The Morgan fingerprint density at radius 1 is 0.960 bits per heavy atom. The maximum absolute atomic E-state index is 12.6. The summed E-state index contributed by atoms with van der Waals surface area (Å²) in [5, 5.41) is 3.67. The number of carbonyl (C=O) groups excluding carboxylic acids is 1. The van der Waals surface area contributed by atoms with E-state index in [0.29, 0.717) is 5.02 Å². The SMILES string of the molecule is CCC(C(=O)Nc1ccc(-c2ccncc2)cc1)c1ccc(Cl)cc1. The van der Waals surface area contributed by atoms with E-state index in [1.807, 2.05) is 67.6 Å². The van der Waals surface area contributed by atoms with Gasteiger partial charge in [0, 0.05) is 23.1 Å². The van der Waals surface area contributed by atoms with Crippen molar-refractivity contribution in [3.05, 3.63) is 83.6 Å². The van der Waals surface area contributed by atoms with Crippen molar-refractivity contribution in [2.75, 3.05) is 5.32 Å². The molecule has 1 unspecified atom stereocenters. The standard InChI is InChI=1S/C21H19ClN2O/c1-2-20(17-3-7-18(22)8-4-17)21(25)24-19-9-5-15(6-10-19)16-11-13-23-14-12-16/h3-14,20H,2H2,1H3,(H,24,25). The first kappa shape index (κ1) is 17.2. The Hall–Kier alpha value is -2.65. The zero-order valence-electron chi connectivity index (χ0n) is 13.9. The highest BCUT2D eigenvalue weighted by Crippen LogP contribution is 2.25. The van der Waals surface area contributed by atoms with Crippen LogP contribution in [0.3, 0.4) is 0 Å². The minimum absolute atomic E-state index is 0.0125. The van der Waals surface area contributed by atoms with Crippen LogP contribution in [-0.4, -0.2) is 10.9 Å². The van der Waals surface area contributed by atoms with Crippen LogP contribution in [0.15, 0.2) is 73.1 Å². The lowest BCUT2D eigenvalue weighted by atomic mass is 9.95. The van der Waals surface area contributed by atoms with Gasteiger partial charge < -0.3 is 5.32 Å². The number of rotatable bonds is 5. The molecule has 0 aliphatic carbocycles. The topological polar surface area (TPSA) is 42.0 Å². The molecule has 25 heavy (non-hydrogen) atoms. The Balaban J connectivity index is 1.72. The van der Waals surface area contributed by atoms with Gasteiger partial charge in [-0.2, -0.15) is 0 Å². The normalized spacial score (nSPS) is 11.8. The average Bonchev–Trinajstić information content (AvgIpc) is 2.65. The van der Waals surface area contributed by atoms with Crippen molar-refractivity contribution in [2.45, 2.75) is 19.3 Å². The zero-order valence-corrected chi connectivity index (χ0v) is 14.7. The Kier molecular flexibility index (Phi) is 5.46. The van der Waals surface area contributed by atoms with Gasteiger partial charge in [0.25, 0.3) is 0 Å². The molecule has 3 nitrogen and oxygen atoms in total. The van der Waals surface area contributed by atoms with Crippen LogP contribution >= 0.6 is 11.6 Å². The summed E-state index contributed by atoms with van der Waals surface area (Å²) in [6.07, 6.45) is 4.26. The summed E-state index contributed by atoms with van der Waals surface area (Å²) in [5.41, 5.74) is 3.94. The number of hydrogen-bond donors (Lipinski definition) is 1. The fourth-order valence-electron chi connectivity index (χ4n) is 2.79. The quantitative estimate of drug-likeness (QED) is 0.657. The van der Waals surface area contributed by atoms with E-state index in [1.54, 1.807) is 12.4 Å². The number of nitrogens with one attached hydrogen (secondary N) is 1. The minimum Gasteiger partial charge on any atom is -0.326 e. The van der Waals surface area contributed by atoms with Gasteiger partial charge in [-0.25, -0.2) is 0 Å². The monoisotopic (exact) mass is 350 g/mol. The lowest BCUT2D eigenvalue weighted by Crippen LogP contribution is -2.20. The number of hydrogen-bond acceptors (Lipinski definition) is 2. The Morgan fingerprint density at radius 3 is 2.16 bits per heavy atom. The van der Waals surface area contributed by atoms with Crippen molar-refractivity contribution in [2.24, 2.45) is 0 Å². The molecule has 1 amide bonds. The number of amides is 1. The van der Waals surface area contributed by atoms with Crippen molar-refractivity contribution < 1.29 is 4.79 Å². The molecule has 0 aliphatic heterocycles. The van der Waals surface area contributed by atoms with Crippen LogP contribution in [0, 0.1) is 0 Å². The third kappa shape index (κ3) is 4.25. The molecule has 0 aliphatic rings. The first-order valence-electron chi connectivity index (χ1n) is 8.24. The van der Waals surface area contributed by atoms with Crippen molar-refractivity contribution in [3.8, 4) is 11.1 Å². The van der Waals surface area contributed by atoms with Crippen LogP contribution in [0.1, 0.15) is 24.8 Å². The number of carbonyl (C=O) groups is 1. The van der Waals surface area contributed by atoms with Crippen LogP contribution in [-0.2, 0) is 4.79 Å². The van der Waals surface area contributed by atoms with E-state index in [9.17, 15) is 4.79 Å². The maximum Gasteiger partial charge on any atom is 0.231 e. The van der Waals surface area contributed by atoms with E-state index < -0.39 is 0 Å². The molecule has 126 valence electrons. The number of benzene rings is 2. The van der Waals surface area contributed by atoms with Crippen LogP contribution < -0.4 is 5.32 Å². The molecule has 4 heteroatoms. The molecular weight excluding hydrogens is 332 g/mol. The molecule has 0 saturated heterocycles. The van der Waals surface area contributed by atoms with Gasteiger partial charge in [0.1, 0.15) is 0 Å². The summed E-state index contributed by atoms with van der Waals surface area (Å²) in [6.45, 7) is 2.01. The third-order valence-electron chi connectivity index (χ3n) is 4.16. The predicted molar refractivity (Wildman–Crippen MR) is 103 cm³/mol. The average molecular weight is 351 g/mol. The number of halogens is 1. The van der Waals surface area contributed by atoms with Crippen molar-refractivity contribution in [3.63, 3.8) is 0 Å². The highest BCUT2D eigenvalue weighted by Gasteiger charge is 2.18. The Bertz CT molecular complexity index is 830. The van der Waals surface area contributed by atoms with Crippen molar-refractivity contribution >= 4 is 23.2 Å². The molecule has 1 atom stereocenters. The van der Waals surface area contributed by atoms with Gasteiger partial charge >= 0.3 is 0 Å². The van der Waals surface area contributed by atoms with Gasteiger partial charge in [-0.3, -0.25) is 9.78 Å². The molecule has 0 spiro atoms. The van der Waals surface area contributed by atoms with E-state index in [2.05, 4.69) is 10.3 Å². The summed E-state index contributed by atoms with van der Waals surface area (Å²) in [6, 6.07) is 19.2. The number of aromatic nitrogens is 1. The summed E-state index contributed by atoms with van der Waals surface area (Å²) < 4.78 is 0. The van der Waals surface area contributed by atoms with Crippen LogP contribution in [0.2, 0.25) is 5.02 Å². The van der Waals surface area contributed by atoms with Gasteiger partial charge in [-0.1, -0.05) is 42.8 Å². The lowest BCUT2D eigenvalue weighted by Gasteiger charge is -2.16. The molecule has 1 N–H and O–H groups in total. The highest BCUT2D eigenvalue weighted by molar-refractivity contribution is 6.30. The molecule has 0 saturated carbocycles. The van der Waals surface area contributed by atoms with Crippen molar-refractivity contribution in [1.82, 2.24) is 4.98 Å². The summed E-state index contributed by atoms with van der Waals surface area (Å²) >= 11 is 5.93. The second-order valence-electron chi connectivity index (χ2n) is 5.81. The first-order chi connectivity index (χ1) is 12.2. The number of nitrogens with zero attached hydrogens (tertiary/aromatic N) is 1. The van der Waals surface area contributed by atoms with E-state index in [0.717, 1.165) is 28.8 Å². The van der Waals surface area contributed by atoms with E-state index in [4.69, 9.17) is 11.6 Å². The molecule has 0 bridgehead atoms. The van der Waals surface area contributed by atoms with Gasteiger partial charge in [0.2, 0.25) is 5.91 Å². The van der Waals surface area contributed by atoms with Gasteiger partial charge in [-0.05, 0) is 59.5 Å². The van der Waals surface area contributed by atoms with Crippen molar-refractivity contribution in [1.29, 1.82) is 0 Å². The molecule has 3 rings (SSSR count). The highest BCUT2D eigenvalue weighted by atomic mass is 35.5. The zero-order chi connectivity index (χ0) is 17.6. The Morgan fingerprint density at radius 2 is 1.56 bits per heavy atom. The molecule has 1 aromatic heterocycles. The number of anilines is 1. The molecule has 1 heterocycles. The summed E-state index contributed by atoms with van der Waals surface area (Å²) in [5.74, 6) is -0.210. The second kappa shape index (κ2) is 7.95. The molecule has 2 aromatic carbocycles. The second-order valence-corrected chi connectivity index (χ2v) is 6.25. The predicted octanol–water partition coefficient (Wildman–Crippen LogP) is 5.53. The minimum atomic E-state index is -0.197. The van der Waals surface area contributed by atoms with Crippen LogP contribution in [0.25, 0.3) is 11.1 Å². The smallest absolute Gasteiger partial charge is 0.231 e. The van der Waals surface area contributed by atoms with Crippen LogP contribution in [0.5, 0.6) is 0 Å². The molecule has 3 aromatic rings. The molecule has 0 radical (unpaired) electrons. The lowest BCUT2D eigenvalue weighted by molar-refractivity contribution is -0.117. The maximum atomic E-state index is 12.6. The Labute approximate surface area is 152 Å². The molecular formula is C21H19ClN2O. The third-order valence-corrected chi connectivity index (χ3v) is 4.42. The largest absolute Gasteiger partial charge is 0.326 e. The van der Waals surface area contributed by atoms with Gasteiger partial charge in [0.15, 0.2) is 0 Å². The molecule has 0 fully saturated rings. The van der Waals surface area contributed by atoms with Gasteiger partial charge in [-0.15, -0.1) is 0 Å². The summed E-state index contributed by atoms with van der Waals surface area (Å²) in [4.78, 5) is 16.7. The first-order valence-corrected chi connectivity index (χ1v) is 8.62. The fraction of sp³-hybridized carbons (Fsp3) is 0.143. The summed E-state index contributed by atoms with van der Waals surface area (Å²) in [7, 11) is 0.